The van der Waals surface area contributed by atoms with Crippen molar-refractivity contribution in [1.82, 2.24) is 15.3 Å². The summed E-state index contributed by atoms with van der Waals surface area (Å²) in [5.74, 6) is 1.93. The van der Waals surface area contributed by atoms with E-state index in [9.17, 15) is 4.79 Å². The second kappa shape index (κ2) is 6.46. The van der Waals surface area contributed by atoms with Crippen LogP contribution in [0.5, 0.6) is 0 Å². The van der Waals surface area contributed by atoms with Crippen LogP contribution >= 0.6 is 0 Å². The third-order valence-electron chi connectivity index (χ3n) is 4.07. The monoisotopic (exact) mass is 318 g/mol. The maximum Gasteiger partial charge on any atom is 0.225 e. The molecule has 2 heterocycles. The maximum atomic E-state index is 12.2. The smallest absolute Gasteiger partial charge is 0.225 e. The van der Waals surface area contributed by atoms with Crippen molar-refractivity contribution in [2.24, 2.45) is 5.41 Å². The molecule has 1 aromatic rings. The number of carbonyl (C=O) groups excluding carboxylic acids is 1. The SMILES string of the molecule is CC(C)(C)C(=O)NC1CCCN(c2ccnc(C(C)(C)C)n2)C1. The molecule has 1 fully saturated rings. The lowest BCUT2D eigenvalue weighted by molar-refractivity contribution is -0.129. The molecule has 1 N–H and O–H groups in total. The first-order valence-corrected chi connectivity index (χ1v) is 8.47. The number of nitrogens with zero attached hydrogens (tertiary/aromatic N) is 3. The molecule has 1 unspecified atom stereocenters. The van der Waals surface area contributed by atoms with E-state index in [1.54, 1.807) is 0 Å². The summed E-state index contributed by atoms with van der Waals surface area (Å²) in [6, 6.07) is 2.15. The first kappa shape index (κ1) is 17.7. The summed E-state index contributed by atoms with van der Waals surface area (Å²) in [5, 5.41) is 3.18. The van der Waals surface area contributed by atoms with E-state index >= 15 is 0 Å². The zero-order valence-electron chi connectivity index (χ0n) is 15.3. The number of aromatic nitrogens is 2. The van der Waals surface area contributed by atoms with Crippen molar-refractivity contribution in [3.8, 4) is 0 Å². The van der Waals surface area contributed by atoms with Crippen molar-refractivity contribution in [3.63, 3.8) is 0 Å². The van der Waals surface area contributed by atoms with Gasteiger partial charge in [0.25, 0.3) is 0 Å². The highest BCUT2D eigenvalue weighted by atomic mass is 16.2. The minimum absolute atomic E-state index is 0.0638. The predicted octanol–water partition coefficient (Wildman–Crippen LogP) is 2.91. The van der Waals surface area contributed by atoms with Crippen LogP contribution in [-0.2, 0) is 10.2 Å². The van der Waals surface area contributed by atoms with Crippen LogP contribution in [0, 0.1) is 5.41 Å². The average molecular weight is 318 g/mol. The number of hydrogen-bond donors (Lipinski definition) is 1. The highest BCUT2D eigenvalue weighted by Crippen LogP contribution is 2.23. The Morgan fingerprint density at radius 3 is 2.57 bits per heavy atom. The molecule has 23 heavy (non-hydrogen) atoms. The molecular weight excluding hydrogens is 288 g/mol. The lowest BCUT2D eigenvalue weighted by Gasteiger charge is -2.35. The van der Waals surface area contributed by atoms with E-state index in [1.165, 1.54) is 0 Å². The van der Waals surface area contributed by atoms with Crippen molar-refractivity contribution < 1.29 is 4.79 Å². The van der Waals surface area contributed by atoms with E-state index in [1.807, 2.05) is 33.0 Å². The number of anilines is 1. The third kappa shape index (κ3) is 4.66. The molecule has 0 aliphatic carbocycles. The van der Waals surface area contributed by atoms with E-state index in [2.05, 4.69) is 36.0 Å². The first-order chi connectivity index (χ1) is 10.6. The summed E-state index contributed by atoms with van der Waals surface area (Å²) in [7, 11) is 0. The minimum Gasteiger partial charge on any atom is -0.354 e. The van der Waals surface area contributed by atoms with Gasteiger partial charge in [0.1, 0.15) is 11.6 Å². The van der Waals surface area contributed by atoms with E-state index in [0.29, 0.717) is 0 Å². The van der Waals surface area contributed by atoms with E-state index in [0.717, 1.165) is 37.6 Å². The van der Waals surface area contributed by atoms with E-state index < -0.39 is 0 Å². The fourth-order valence-electron chi connectivity index (χ4n) is 2.59. The first-order valence-electron chi connectivity index (χ1n) is 8.47. The van der Waals surface area contributed by atoms with Gasteiger partial charge in [-0.25, -0.2) is 9.97 Å². The summed E-state index contributed by atoms with van der Waals surface area (Å²) in [6.45, 7) is 14.0. The van der Waals surface area contributed by atoms with Gasteiger partial charge < -0.3 is 10.2 Å². The maximum absolute atomic E-state index is 12.2. The van der Waals surface area contributed by atoms with Crippen LogP contribution in [0.2, 0.25) is 0 Å². The largest absolute Gasteiger partial charge is 0.354 e. The Morgan fingerprint density at radius 2 is 1.96 bits per heavy atom. The normalized spacial score (nSPS) is 19.6. The van der Waals surface area contributed by atoms with Gasteiger partial charge in [-0.05, 0) is 18.9 Å². The molecule has 0 saturated carbocycles. The van der Waals surface area contributed by atoms with Gasteiger partial charge in [0, 0.05) is 36.2 Å². The highest BCUT2D eigenvalue weighted by molar-refractivity contribution is 5.81. The minimum atomic E-state index is -0.351. The molecule has 128 valence electrons. The second-order valence-corrected chi connectivity index (χ2v) is 8.50. The number of nitrogens with one attached hydrogen (secondary N) is 1. The standard InChI is InChI=1S/C18H30N4O/c1-17(2,3)15-19-10-9-14(21-15)22-11-7-8-13(12-22)20-16(23)18(4,5)6/h9-10,13H,7-8,11-12H2,1-6H3,(H,20,23). The number of piperidine rings is 1. The van der Waals surface area contributed by atoms with Gasteiger partial charge in [-0.2, -0.15) is 0 Å². The fourth-order valence-corrected chi connectivity index (χ4v) is 2.59. The van der Waals surface area contributed by atoms with Crippen LogP contribution in [0.15, 0.2) is 12.3 Å². The average Bonchev–Trinajstić information content (AvgIpc) is 2.46. The Balaban J connectivity index is 2.08. The summed E-state index contributed by atoms with van der Waals surface area (Å²) >= 11 is 0. The Kier molecular flexibility index (Phi) is 4.97. The Bertz CT molecular complexity index is 557. The fraction of sp³-hybridized carbons (Fsp3) is 0.722. The lowest BCUT2D eigenvalue weighted by atomic mass is 9.94. The molecule has 0 aromatic carbocycles. The molecule has 0 radical (unpaired) electrons. The van der Waals surface area contributed by atoms with Crippen LogP contribution in [0.3, 0.4) is 0 Å². The van der Waals surface area contributed by atoms with Crippen molar-refractivity contribution in [2.45, 2.75) is 65.8 Å². The van der Waals surface area contributed by atoms with Gasteiger partial charge in [-0.1, -0.05) is 41.5 Å². The third-order valence-corrected chi connectivity index (χ3v) is 4.07. The van der Waals surface area contributed by atoms with Gasteiger partial charge in [-0.3, -0.25) is 4.79 Å². The molecule has 1 amide bonds. The molecule has 5 nitrogen and oxygen atoms in total. The van der Waals surface area contributed by atoms with Crippen LogP contribution in [0.4, 0.5) is 5.82 Å². The predicted molar refractivity (Wildman–Crippen MR) is 93.6 cm³/mol. The lowest BCUT2D eigenvalue weighted by Crippen LogP contribution is -2.50. The Hall–Kier alpha value is -1.65. The molecule has 1 aliphatic rings. The van der Waals surface area contributed by atoms with Crippen molar-refractivity contribution >= 4 is 11.7 Å². The van der Waals surface area contributed by atoms with Crippen molar-refractivity contribution in [2.75, 3.05) is 18.0 Å². The van der Waals surface area contributed by atoms with Gasteiger partial charge >= 0.3 is 0 Å². The molecule has 1 saturated heterocycles. The molecule has 1 atom stereocenters. The van der Waals surface area contributed by atoms with Gasteiger partial charge in [0.2, 0.25) is 5.91 Å². The van der Waals surface area contributed by atoms with Crippen molar-refractivity contribution in [3.05, 3.63) is 18.1 Å². The zero-order valence-corrected chi connectivity index (χ0v) is 15.3. The highest BCUT2D eigenvalue weighted by Gasteiger charge is 2.28. The molecular formula is C18H30N4O. The van der Waals surface area contributed by atoms with E-state index in [4.69, 9.17) is 4.98 Å². The Morgan fingerprint density at radius 1 is 1.26 bits per heavy atom. The zero-order chi connectivity index (χ0) is 17.3. The van der Waals surface area contributed by atoms with Crippen LogP contribution in [-0.4, -0.2) is 35.0 Å². The quantitative estimate of drug-likeness (QED) is 0.911. The number of carbonyl (C=O) groups is 1. The molecule has 0 bridgehead atoms. The summed E-state index contributed by atoms with van der Waals surface area (Å²) in [6.07, 6.45) is 3.92. The summed E-state index contributed by atoms with van der Waals surface area (Å²) in [4.78, 5) is 23.6. The molecule has 1 aromatic heterocycles. The number of rotatable bonds is 2. The summed E-state index contributed by atoms with van der Waals surface area (Å²) in [5.41, 5.74) is -0.414. The van der Waals surface area contributed by atoms with Crippen LogP contribution in [0.25, 0.3) is 0 Å². The van der Waals surface area contributed by atoms with E-state index in [-0.39, 0.29) is 22.8 Å². The Labute approximate surface area is 139 Å². The summed E-state index contributed by atoms with van der Waals surface area (Å²) < 4.78 is 0. The van der Waals surface area contributed by atoms with Crippen LogP contribution < -0.4 is 10.2 Å². The molecule has 0 spiro atoms. The van der Waals surface area contributed by atoms with Gasteiger partial charge in [-0.15, -0.1) is 0 Å². The number of amides is 1. The van der Waals surface area contributed by atoms with Crippen LogP contribution in [0.1, 0.15) is 60.2 Å². The molecule has 1 aliphatic heterocycles. The second-order valence-electron chi connectivity index (χ2n) is 8.50. The van der Waals surface area contributed by atoms with Crippen molar-refractivity contribution in [1.29, 1.82) is 0 Å². The van der Waals surface area contributed by atoms with Gasteiger partial charge in [0.05, 0.1) is 0 Å². The molecule has 5 heteroatoms. The molecule has 2 rings (SSSR count). The number of hydrogen-bond acceptors (Lipinski definition) is 4. The van der Waals surface area contributed by atoms with Gasteiger partial charge in [0.15, 0.2) is 0 Å². The topological polar surface area (TPSA) is 58.1 Å².